The predicted octanol–water partition coefficient (Wildman–Crippen LogP) is 4.58. The van der Waals surface area contributed by atoms with Crippen molar-refractivity contribution < 1.29 is 8.47 Å². The van der Waals surface area contributed by atoms with Gasteiger partial charge in [0.1, 0.15) is 5.75 Å². The SMILES string of the molecule is Cc1c(Cl)cccc1OSONc1ccc2nccnc2c1. The molecule has 7 heteroatoms. The summed E-state index contributed by atoms with van der Waals surface area (Å²) < 4.78 is 10.7. The lowest BCUT2D eigenvalue weighted by atomic mass is 10.2. The number of rotatable bonds is 5. The van der Waals surface area contributed by atoms with Gasteiger partial charge in [-0.15, -0.1) is 0 Å². The summed E-state index contributed by atoms with van der Waals surface area (Å²) in [4.78, 5) is 8.43. The largest absolute Gasteiger partial charge is 0.399 e. The Hall–Kier alpha value is -2.02. The number of anilines is 1. The average molecular weight is 334 g/mol. The second-order valence-corrected chi connectivity index (χ2v) is 5.34. The quantitative estimate of drug-likeness (QED) is 0.419. The number of aromatic nitrogens is 2. The van der Waals surface area contributed by atoms with Gasteiger partial charge < -0.3 is 4.18 Å². The molecule has 3 aromatic rings. The molecule has 0 amide bonds. The van der Waals surface area contributed by atoms with E-state index in [9.17, 15) is 0 Å². The predicted molar refractivity (Wildman–Crippen MR) is 88.7 cm³/mol. The first-order valence-electron chi connectivity index (χ1n) is 6.46. The van der Waals surface area contributed by atoms with E-state index in [-0.39, 0.29) is 0 Å². The molecule has 0 aliphatic carbocycles. The summed E-state index contributed by atoms with van der Waals surface area (Å²) in [5.41, 5.74) is 6.01. The Bertz CT molecular complexity index is 801. The third-order valence-corrected chi connectivity index (χ3v) is 3.81. The molecule has 1 N–H and O–H groups in total. The van der Waals surface area contributed by atoms with Crippen molar-refractivity contribution >= 4 is 40.6 Å². The fourth-order valence-electron chi connectivity index (χ4n) is 1.82. The van der Waals surface area contributed by atoms with Crippen molar-refractivity contribution in [2.45, 2.75) is 6.92 Å². The minimum absolute atomic E-state index is 0.652. The van der Waals surface area contributed by atoms with Crippen LogP contribution in [0.4, 0.5) is 5.69 Å². The molecular formula is C15H12ClN3O2S. The van der Waals surface area contributed by atoms with E-state index in [4.69, 9.17) is 20.1 Å². The summed E-state index contributed by atoms with van der Waals surface area (Å²) in [5.74, 6) is 0.656. The Balaban J connectivity index is 1.57. The molecule has 0 atom stereocenters. The summed E-state index contributed by atoms with van der Waals surface area (Å²) >= 11 is 6.84. The molecule has 0 aliphatic rings. The van der Waals surface area contributed by atoms with E-state index in [0.717, 1.165) is 34.6 Å². The molecule has 0 bridgehead atoms. The zero-order valence-electron chi connectivity index (χ0n) is 11.6. The van der Waals surface area contributed by atoms with Crippen molar-refractivity contribution in [1.29, 1.82) is 0 Å². The number of hydrogen-bond acceptors (Lipinski definition) is 6. The van der Waals surface area contributed by atoms with E-state index in [1.807, 2.05) is 43.3 Å². The standard InChI is InChI=1S/C15H12ClN3O2S/c1-10-12(16)3-2-4-15(10)20-22-21-19-11-5-6-13-14(9-11)18-8-7-17-13/h2-9,19H,1H3. The van der Waals surface area contributed by atoms with Crippen LogP contribution in [0.3, 0.4) is 0 Å². The Morgan fingerprint density at radius 2 is 1.91 bits per heavy atom. The van der Waals surface area contributed by atoms with Gasteiger partial charge in [0.05, 0.1) is 16.7 Å². The van der Waals surface area contributed by atoms with Crippen LogP contribution in [0.15, 0.2) is 48.8 Å². The smallest absolute Gasteiger partial charge is 0.250 e. The monoisotopic (exact) mass is 333 g/mol. The maximum absolute atomic E-state index is 6.02. The molecule has 1 heterocycles. The highest BCUT2D eigenvalue weighted by Crippen LogP contribution is 2.28. The second-order valence-electron chi connectivity index (χ2n) is 4.46. The van der Waals surface area contributed by atoms with E-state index in [0.29, 0.717) is 10.8 Å². The van der Waals surface area contributed by atoms with Gasteiger partial charge in [0, 0.05) is 23.0 Å². The first-order valence-corrected chi connectivity index (χ1v) is 7.50. The lowest BCUT2D eigenvalue weighted by molar-refractivity contribution is 0.429. The summed E-state index contributed by atoms with van der Waals surface area (Å²) in [6.07, 6.45) is 3.30. The van der Waals surface area contributed by atoms with Crippen molar-refractivity contribution in [1.82, 2.24) is 9.97 Å². The van der Waals surface area contributed by atoms with E-state index in [1.165, 1.54) is 0 Å². The Morgan fingerprint density at radius 1 is 1.09 bits per heavy atom. The van der Waals surface area contributed by atoms with Crippen molar-refractivity contribution in [3.05, 3.63) is 59.4 Å². The second kappa shape index (κ2) is 6.83. The Labute approximate surface area is 137 Å². The topological polar surface area (TPSA) is 56.3 Å². The molecule has 5 nitrogen and oxygen atoms in total. The molecule has 0 fully saturated rings. The van der Waals surface area contributed by atoms with E-state index >= 15 is 0 Å². The number of nitrogens with zero attached hydrogens (tertiary/aromatic N) is 2. The van der Waals surface area contributed by atoms with E-state index < -0.39 is 0 Å². The van der Waals surface area contributed by atoms with Crippen LogP contribution in [-0.4, -0.2) is 9.97 Å². The summed E-state index contributed by atoms with van der Waals surface area (Å²) in [6.45, 7) is 1.88. The summed E-state index contributed by atoms with van der Waals surface area (Å²) in [5, 5.41) is 0.652. The number of halogens is 1. The van der Waals surface area contributed by atoms with Crippen molar-refractivity contribution in [2.24, 2.45) is 0 Å². The molecule has 2 aromatic carbocycles. The lowest BCUT2D eigenvalue weighted by Gasteiger charge is -2.08. The van der Waals surface area contributed by atoms with Gasteiger partial charge in [-0.3, -0.25) is 15.4 Å². The van der Waals surface area contributed by atoms with Crippen molar-refractivity contribution in [2.75, 3.05) is 5.48 Å². The minimum Gasteiger partial charge on any atom is -0.399 e. The van der Waals surface area contributed by atoms with Crippen LogP contribution in [-0.2, 0) is 4.28 Å². The summed E-state index contributed by atoms with van der Waals surface area (Å²) in [6, 6.07) is 11.0. The van der Waals surface area contributed by atoms with E-state index in [2.05, 4.69) is 15.4 Å². The molecule has 0 unspecified atom stereocenters. The number of nitrogens with one attached hydrogen (secondary N) is 1. The van der Waals surface area contributed by atoms with Crippen LogP contribution in [0.5, 0.6) is 5.75 Å². The van der Waals surface area contributed by atoms with Gasteiger partial charge in [-0.2, -0.15) is 4.28 Å². The molecule has 0 saturated heterocycles. The molecule has 3 rings (SSSR count). The molecule has 0 aliphatic heterocycles. The van der Waals surface area contributed by atoms with Crippen LogP contribution in [0, 0.1) is 6.92 Å². The van der Waals surface area contributed by atoms with Crippen molar-refractivity contribution in [3.8, 4) is 5.75 Å². The maximum Gasteiger partial charge on any atom is 0.250 e. The fourth-order valence-corrected chi connectivity index (χ4v) is 2.41. The van der Waals surface area contributed by atoms with E-state index in [1.54, 1.807) is 12.4 Å². The molecule has 1 aromatic heterocycles. The highest BCUT2D eigenvalue weighted by atomic mass is 35.5. The van der Waals surface area contributed by atoms with Crippen LogP contribution in [0.1, 0.15) is 5.56 Å². The molecule has 22 heavy (non-hydrogen) atoms. The highest BCUT2D eigenvalue weighted by molar-refractivity contribution is 7.90. The van der Waals surface area contributed by atoms with Gasteiger partial charge in [0.2, 0.25) is 12.3 Å². The van der Waals surface area contributed by atoms with Gasteiger partial charge in [0.25, 0.3) is 0 Å². The third kappa shape index (κ3) is 3.41. The van der Waals surface area contributed by atoms with Crippen LogP contribution in [0.2, 0.25) is 5.02 Å². The highest BCUT2D eigenvalue weighted by Gasteiger charge is 2.04. The Morgan fingerprint density at radius 3 is 2.77 bits per heavy atom. The maximum atomic E-state index is 6.02. The summed E-state index contributed by atoms with van der Waals surface area (Å²) in [7, 11) is 0. The van der Waals surface area contributed by atoms with Crippen LogP contribution in [0.25, 0.3) is 11.0 Å². The molecule has 112 valence electrons. The lowest BCUT2D eigenvalue weighted by Crippen LogP contribution is -1.97. The third-order valence-electron chi connectivity index (χ3n) is 3.00. The van der Waals surface area contributed by atoms with Gasteiger partial charge in [-0.05, 0) is 37.3 Å². The van der Waals surface area contributed by atoms with Gasteiger partial charge >= 0.3 is 0 Å². The van der Waals surface area contributed by atoms with Crippen molar-refractivity contribution in [3.63, 3.8) is 0 Å². The first kappa shape index (κ1) is 14.9. The van der Waals surface area contributed by atoms with Gasteiger partial charge in [-0.25, -0.2) is 0 Å². The first-order chi connectivity index (χ1) is 10.7. The Kier molecular flexibility index (Phi) is 4.62. The molecular weight excluding hydrogens is 322 g/mol. The number of benzene rings is 2. The zero-order valence-corrected chi connectivity index (χ0v) is 13.2. The van der Waals surface area contributed by atoms with Crippen LogP contribution < -0.4 is 9.66 Å². The minimum atomic E-state index is 0.652. The molecule has 0 radical (unpaired) electrons. The number of fused-ring (bicyclic) bond motifs is 1. The molecule has 0 spiro atoms. The zero-order chi connectivity index (χ0) is 15.4. The fraction of sp³-hybridized carbons (Fsp3) is 0.0667. The van der Waals surface area contributed by atoms with Gasteiger partial charge in [0.15, 0.2) is 0 Å². The molecule has 0 saturated carbocycles. The normalized spacial score (nSPS) is 10.6. The number of hydrogen-bond donors (Lipinski definition) is 1. The van der Waals surface area contributed by atoms with Gasteiger partial charge in [-0.1, -0.05) is 17.7 Å². The average Bonchev–Trinajstić information content (AvgIpc) is 2.55. The van der Waals surface area contributed by atoms with Crippen LogP contribution >= 0.6 is 23.9 Å².